The van der Waals surface area contributed by atoms with Gasteiger partial charge in [0.1, 0.15) is 12.4 Å². The predicted molar refractivity (Wildman–Crippen MR) is 71.4 cm³/mol. The van der Waals surface area contributed by atoms with Crippen LogP contribution < -0.4 is 16.2 Å². The molecule has 0 amide bonds. The van der Waals surface area contributed by atoms with Gasteiger partial charge in [-0.2, -0.15) is 0 Å². The first-order chi connectivity index (χ1) is 8.79. The molecule has 0 aliphatic rings. The van der Waals surface area contributed by atoms with Gasteiger partial charge in [0.25, 0.3) is 0 Å². The lowest BCUT2D eigenvalue weighted by Crippen LogP contribution is -2.00. The van der Waals surface area contributed by atoms with Crippen LogP contribution in [0.15, 0.2) is 55.0 Å². The normalized spacial score (nSPS) is 11.2. The molecule has 4 heteroatoms. The summed E-state index contributed by atoms with van der Waals surface area (Å²) < 4.78 is 5.64. The molecule has 1 aromatic carbocycles. The van der Waals surface area contributed by atoms with Gasteiger partial charge in [-0.05, 0) is 47.5 Å². The summed E-state index contributed by atoms with van der Waals surface area (Å²) in [6.07, 6.45) is 4.87. The molecule has 0 aliphatic heterocycles. The Morgan fingerprint density at radius 1 is 1.11 bits per heavy atom. The number of ether oxygens (including phenoxy) is 1. The molecule has 0 radical (unpaired) electrons. The molecule has 0 saturated heterocycles. The zero-order valence-corrected chi connectivity index (χ0v) is 9.91. The average molecular weight is 241 g/mol. The molecule has 2 rings (SSSR count). The standard InChI is InChI=1S/C14H15N3O/c15-9-14(16)12-1-3-13(4-2-12)18-10-11-5-7-17-8-6-11/h1-9H,10,15-16H2/b14-9-. The van der Waals surface area contributed by atoms with E-state index in [0.29, 0.717) is 12.3 Å². The lowest BCUT2D eigenvalue weighted by atomic mass is 10.2. The summed E-state index contributed by atoms with van der Waals surface area (Å²) in [4.78, 5) is 3.95. The second-order valence-corrected chi connectivity index (χ2v) is 3.79. The largest absolute Gasteiger partial charge is 0.489 e. The zero-order valence-electron chi connectivity index (χ0n) is 9.91. The van der Waals surface area contributed by atoms with Gasteiger partial charge >= 0.3 is 0 Å². The number of aromatic nitrogens is 1. The summed E-state index contributed by atoms with van der Waals surface area (Å²) in [5.74, 6) is 0.792. The third kappa shape index (κ3) is 3.01. The summed E-state index contributed by atoms with van der Waals surface area (Å²) in [6, 6.07) is 11.3. The molecule has 0 fully saturated rings. The SMILES string of the molecule is N/C=C(\N)c1ccc(OCc2ccncc2)cc1. The van der Waals surface area contributed by atoms with Crippen molar-refractivity contribution in [2.24, 2.45) is 11.5 Å². The van der Waals surface area contributed by atoms with Crippen molar-refractivity contribution in [1.29, 1.82) is 0 Å². The molecule has 1 aromatic heterocycles. The molecule has 0 spiro atoms. The molecule has 0 bridgehead atoms. The van der Waals surface area contributed by atoms with Crippen molar-refractivity contribution < 1.29 is 4.74 Å². The fraction of sp³-hybridized carbons (Fsp3) is 0.0714. The highest BCUT2D eigenvalue weighted by Crippen LogP contribution is 2.16. The van der Waals surface area contributed by atoms with E-state index in [1.165, 1.54) is 6.20 Å². The van der Waals surface area contributed by atoms with Crippen LogP contribution in [0, 0.1) is 0 Å². The van der Waals surface area contributed by atoms with Crippen LogP contribution in [-0.4, -0.2) is 4.98 Å². The van der Waals surface area contributed by atoms with Gasteiger partial charge in [0, 0.05) is 18.6 Å². The number of nitrogens with two attached hydrogens (primary N) is 2. The average Bonchev–Trinajstić information content (AvgIpc) is 2.46. The highest BCUT2D eigenvalue weighted by Gasteiger charge is 1.98. The van der Waals surface area contributed by atoms with Crippen molar-refractivity contribution in [3.63, 3.8) is 0 Å². The maximum absolute atomic E-state index is 5.70. The third-order valence-electron chi connectivity index (χ3n) is 2.52. The third-order valence-corrected chi connectivity index (χ3v) is 2.52. The Kier molecular flexibility index (Phi) is 3.81. The summed E-state index contributed by atoms with van der Waals surface area (Å²) >= 11 is 0. The Hall–Kier alpha value is -2.49. The lowest BCUT2D eigenvalue weighted by molar-refractivity contribution is 0.306. The van der Waals surface area contributed by atoms with E-state index in [0.717, 1.165) is 16.9 Å². The van der Waals surface area contributed by atoms with Crippen LogP contribution in [0.4, 0.5) is 0 Å². The molecule has 0 saturated carbocycles. The molecule has 4 N–H and O–H groups in total. The van der Waals surface area contributed by atoms with Crippen molar-refractivity contribution >= 4 is 5.70 Å². The van der Waals surface area contributed by atoms with Gasteiger partial charge in [0.2, 0.25) is 0 Å². The van der Waals surface area contributed by atoms with Crippen LogP contribution in [0.5, 0.6) is 5.75 Å². The summed E-state index contributed by atoms with van der Waals surface area (Å²) in [7, 11) is 0. The Balaban J connectivity index is 1.99. The highest BCUT2D eigenvalue weighted by atomic mass is 16.5. The van der Waals surface area contributed by atoms with Gasteiger partial charge < -0.3 is 16.2 Å². The summed E-state index contributed by atoms with van der Waals surface area (Å²) in [5.41, 5.74) is 13.6. The molecule has 0 unspecified atom stereocenters. The van der Waals surface area contributed by atoms with Crippen LogP contribution in [0.25, 0.3) is 5.70 Å². The van der Waals surface area contributed by atoms with Gasteiger partial charge in [0.05, 0.1) is 5.70 Å². The van der Waals surface area contributed by atoms with Gasteiger partial charge in [0.15, 0.2) is 0 Å². The molecule has 1 heterocycles. The van der Waals surface area contributed by atoms with Crippen LogP contribution in [0.1, 0.15) is 11.1 Å². The Labute approximate surface area is 106 Å². The summed E-state index contributed by atoms with van der Waals surface area (Å²) in [6.45, 7) is 0.518. The number of pyridine rings is 1. The minimum Gasteiger partial charge on any atom is -0.489 e. The molecular formula is C14H15N3O. The molecule has 18 heavy (non-hydrogen) atoms. The number of hydrogen-bond donors (Lipinski definition) is 2. The van der Waals surface area contributed by atoms with Gasteiger partial charge in [-0.25, -0.2) is 0 Å². The topological polar surface area (TPSA) is 74.2 Å². The lowest BCUT2D eigenvalue weighted by Gasteiger charge is -2.07. The Morgan fingerprint density at radius 2 is 1.78 bits per heavy atom. The van der Waals surface area contributed by atoms with Crippen molar-refractivity contribution in [3.8, 4) is 5.75 Å². The first-order valence-corrected chi connectivity index (χ1v) is 5.59. The fourth-order valence-corrected chi connectivity index (χ4v) is 1.49. The Morgan fingerprint density at radius 3 is 2.39 bits per heavy atom. The maximum Gasteiger partial charge on any atom is 0.119 e. The highest BCUT2D eigenvalue weighted by molar-refractivity contribution is 5.62. The van der Waals surface area contributed by atoms with Crippen LogP contribution in [0.2, 0.25) is 0 Å². The van der Waals surface area contributed by atoms with Crippen molar-refractivity contribution in [2.75, 3.05) is 0 Å². The monoisotopic (exact) mass is 241 g/mol. The van der Waals surface area contributed by atoms with E-state index in [2.05, 4.69) is 4.98 Å². The van der Waals surface area contributed by atoms with Crippen molar-refractivity contribution in [1.82, 2.24) is 4.98 Å². The van der Waals surface area contributed by atoms with E-state index >= 15 is 0 Å². The van der Waals surface area contributed by atoms with Gasteiger partial charge in [-0.15, -0.1) is 0 Å². The van der Waals surface area contributed by atoms with E-state index in [4.69, 9.17) is 16.2 Å². The van der Waals surface area contributed by atoms with Crippen molar-refractivity contribution in [2.45, 2.75) is 6.61 Å². The number of nitrogens with zero attached hydrogens (tertiary/aromatic N) is 1. The van der Waals surface area contributed by atoms with Gasteiger partial charge in [-0.1, -0.05) is 0 Å². The van der Waals surface area contributed by atoms with E-state index < -0.39 is 0 Å². The van der Waals surface area contributed by atoms with Crippen LogP contribution in [-0.2, 0) is 6.61 Å². The van der Waals surface area contributed by atoms with E-state index in [1.807, 2.05) is 36.4 Å². The van der Waals surface area contributed by atoms with E-state index in [-0.39, 0.29) is 0 Å². The fourth-order valence-electron chi connectivity index (χ4n) is 1.49. The number of hydrogen-bond acceptors (Lipinski definition) is 4. The minimum absolute atomic E-state index is 0.518. The predicted octanol–water partition coefficient (Wildman–Crippen LogP) is 1.88. The molecule has 4 nitrogen and oxygen atoms in total. The first kappa shape index (κ1) is 12.0. The number of rotatable bonds is 4. The molecular weight excluding hydrogens is 226 g/mol. The maximum atomic E-state index is 5.70. The van der Waals surface area contributed by atoms with Crippen LogP contribution in [0.3, 0.4) is 0 Å². The minimum atomic E-state index is 0.518. The quantitative estimate of drug-likeness (QED) is 0.857. The molecule has 0 atom stereocenters. The zero-order chi connectivity index (χ0) is 12.8. The molecule has 0 aliphatic carbocycles. The van der Waals surface area contributed by atoms with E-state index in [1.54, 1.807) is 12.4 Å². The van der Waals surface area contributed by atoms with Crippen molar-refractivity contribution in [3.05, 3.63) is 66.1 Å². The Bertz CT molecular complexity index is 520. The molecule has 92 valence electrons. The second-order valence-electron chi connectivity index (χ2n) is 3.79. The second kappa shape index (κ2) is 5.72. The first-order valence-electron chi connectivity index (χ1n) is 5.59. The number of benzene rings is 1. The van der Waals surface area contributed by atoms with E-state index in [9.17, 15) is 0 Å². The smallest absolute Gasteiger partial charge is 0.119 e. The summed E-state index contributed by atoms with van der Waals surface area (Å²) in [5, 5.41) is 0. The molecule has 2 aromatic rings. The van der Waals surface area contributed by atoms with Gasteiger partial charge in [-0.3, -0.25) is 4.98 Å². The van der Waals surface area contributed by atoms with Crippen LogP contribution >= 0.6 is 0 Å².